The molecule has 0 atom stereocenters. The van der Waals surface area contributed by atoms with Gasteiger partial charge in [-0.15, -0.1) is 0 Å². The Kier molecular flexibility index (Phi) is 4.81. The number of rotatable bonds is 4. The number of nitrogens with zero attached hydrogens (tertiary/aromatic N) is 3. The topological polar surface area (TPSA) is 107 Å². The summed E-state index contributed by atoms with van der Waals surface area (Å²) in [6.07, 6.45) is 3.33. The smallest absolute Gasteiger partial charge is 0.269 e. The van der Waals surface area contributed by atoms with Gasteiger partial charge in [0.25, 0.3) is 5.91 Å². The molecular weight excluding hydrogens is 258 g/mol. The summed E-state index contributed by atoms with van der Waals surface area (Å²) in [4.78, 5) is 19.7. The average Bonchev–Trinajstić information content (AvgIpc) is 2.99. The Morgan fingerprint density at radius 1 is 1.40 bits per heavy atom. The fourth-order valence-electron chi connectivity index (χ4n) is 1.43. The lowest BCUT2D eigenvalue weighted by Gasteiger charge is -2.02. The number of nitrogens with one attached hydrogen (secondary N) is 1. The number of carbonyl (C=O) groups is 1. The summed E-state index contributed by atoms with van der Waals surface area (Å²) in [5.74, 6) is 5.77. The molecule has 0 unspecified atom stereocenters. The molecule has 7 nitrogen and oxygen atoms in total. The van der Waals surface area contributed by atoms with Crippen LogP contribution in [0.15, 0.2) is 29.2 Å². The molecule has 0 aliphatic rings. The lowest BCUT2D eigenvalue weighted by Crippen LogP contribution is -2.26. The van der Waals surface area contributed by atoms with E-state index in [0.717, 1.165) is 5.56 Å². The Hall–Kier alpha value is -2.72. The van der Waals surface area contributed by atoms with Gasteiger partial charge in [-0.25, -0.2) is 4.98 Å². The Labute approximate surface area is 115 Å². The molecule has 0 aliphatic carbocycles. The van der Waals surface area contributed by atoms with Gasteiger partial charge in [0.1, 0.15) is 5.69 Å². The first-order valence-electron chi connectivity index (χ1n) is 5.98. The van der Waals surface area contributed by atoms with E-state index in [9.17, 15) is 4.79 Å². The van der Waals surface area contributed by atoms with Crippen LogP contribution in [0.1, 0.15) is 21.9 Å². The van der Waals surface area contributed by atoms with Crippen molar-refractivity contribution in [1.29, 1.82) is 0 Å². The van der Waals surface area contributed by atoms with Crippen molar-refractivity contribution >= 4 is 5.91 Å². The number of nitrogens with two attached hydrogens (primary N) is 1. The van der Waals surface area contributed by atoms with Gasteiger partial charge in [0, 0.05) is 24.7 Å². The number of pyridine rings is 1. The van der Waals surface area contributed by atoms with Crippen molar-refractivity contribution in [2.24, 2.45) is 5.73 Å². The molecule has 2 aromatic rings. The monoisotopic (exact) mass is 271 g/mol. The lowest BCUT2D eigenvalue weighted by molar-refractivity contribution is 0.0948. The maximum Gasteiger partial charge on any atom is 0.269 e. The van der Waals surface area contributed by atoms with Gasteiger partial charge >= 0.3 is 0 Å². The van der Waals surface area contributed by atoms with E-state index in [1.807, 2.05) is 0 Å². The van der Waals surface area contributed by atoms with E-state index in [1.54, 1.807) is 12.1 Å². The van der Waals surface area contributed by atoms with E-state index in [4.69, 9.17) is 10.3 Å². The molecule has 2 heterocycles. The maximum atomic E-state index is 11.8. The van der Waals surface area contributed by atoms with Crippen molar-refractivity contribution in [2.45, 2.75) is 6.42 Å². The normalized spacial score (nSPS) is 9.65. The molecule has 3 N–H and O–H groups in total. The molecule has 0 radical (unpaired) electrons. The molecule has 0 saturated carbocycles. The molecule has 2 aromatic heterocycles. The minimum atomic E-state index is -0.261. The fraction of sp³-hybridized carbons (Fsp3) is 0.231. The molecule has 102 valence electrons. The van der Waals surface area contributed by atoms with E-state index < -0.39 is 0 Å². The van der Waals surface area contributed by atoms with Crippen LogP contribution in [0.3, 0.4) is 0 Å². The van der Waals surface area contributed by atoms with Crippen molar-refractivity contribution in [2.75, 3.05) is 13.1 Å². The third kappa shape index (κ3) is 3.90. The highest BCUT2D eigenvalue weighted by molar-refractivity contribution is 5.92. The first-order chi connectivity index (χ1) is 9.79. The Bertz CT molecular complexity index is 610. The van der Waals surface area contributed by atoms with E-state index in [2.05, 4.69) is 32.3 Å². The van der Waals surface area contributed by atoms with Gasteiger partial charge in [-0.1, -0.05) is 17.0 Å². The quantitative estimate of drug-likeness (QED) is 0.742. The van der Waals surface area contributed by atoms with Crippen LogP contribution in [-0.2, 0) is 6.42 Å². The lowest BCUT2D eigenvalue weighted by atomic mass is 10.2. The summed E-state index contributed by atoms with van der Waals surface area (Å²) in [6.45, 7) is 0.690. The molecule has 0 aliphatic heterocycles. The van der Waals surface area contributed by atoms with Crippen LogP contribution in [0.2, 0.25) is 0 Å². The minimum Gasteiger partial charge on any atom is -0.350 e. The molecule has 0 saturated heterocycles. The first kappa shape index (κ1) is 13.7. The van der Waals surface area contributed by atoms with Crippen molar-refractivity contribution < 1.29 is 9.32 Å². The van der Waals surface area contributed by atoms with Gasteiger partial charge in [-0.05, 0) is 12.1 Å². The standard InChI is InChI=1S/C13H13N5O2/c14-6-1-2-10-3-4-11(16-8-10)13(19)15-7-5-12-17-9-18-20-12/h3-4,8-9H,5-7,14H2,(H,15,19). The number of carbonyl (C=O) groups excluding carboxylic acids is 1. The highest BCUT2D eigenvalue weighted by atomic mass is 16.5. The number of hydrogen-bond acceptors (Lipinski definition) is 6. The third-order valence-electron chi connectivity index (χ3n) is 2.36. The minimum absolute atomic E-state index is 0.261. The van der Waals surface area contributed by atoms with Gasteiger partial charge in [0.2, 0.25) is 5.89 Å². The molecule has 7 heteroatoms. The summed E-state index contributed by atoms with van der Waals surface area (Å²) in [6, 6.07) is 3.34. The van der Waals surface area contributed by atoms with E-state index in [1.165, 1.54) is 12.5 Å². The highest BCUT2D eigenvalue weighted by Gasteiger charge is 2.07. The van der Waals surface area contributed by atoms with Crippen LogP contribution >= 0.6 is 0 Å². The summed E-state index contributed by atoms with van der Waals surface area (Å²) < 4.78 is 4.82. The maximum absolute atomic E-state index is 11.8. The molecule has 0 aromatic carbocycles. The second-order valence-electron chi connectivity index (χ2n) is 3.78. The number of amides is 1. The summed E-state index contributed by atoms with van der Waals surface area (Å²) in [5.41, 5.74) is 6.32. The molecule has 0 fully saturated rings. The third-order valence-corrected chi connectivity index (χ3v) is 2.36. The predicted molar refractivity (Wildman–Crippen MR) is 70.5 cm³/mol. The van der Waals surface area contributed by atoms with Gasteiger partial charge < -0.3 is 15.6 Å². The van der Waals surface area contributed by atoms with E-state index in [0.29, 0.717) is 24.6 Å². The predicted octanol–water partition coefficient (Wildman–Crippen LogP) is -0.253. The average molecular weight is 271 g/mol. The van der Waals surface area contributed by atoms with Crippen LogP contribution < -0.4 is 11.1 Å². The highest BCUT2D eigenvalue weighted by Crippen LogP contribution is 1.99. The van der Waals surface area contributed by atoms with Crippen molar-refractivity contribution in [3.63, 3.8) is 0 Å². The van der Waals surface area contributed by atoms with Crippen LogP contribution in [0.4, 0.5) is 0 Å². The zero-order valence-corrected chi connectivity index (χ0v) is 10.7. The number of hydrogen-bond donors (Lipinski definition) is 2. The number of aromatic nitrogens is 3. The van der Waals surface area contributed by atoms with Gasteiger partial charge in [0.05, 0.1) is 6.54 Å². The second-order valence-corrected chi connectivity index (χ2v) is 3.78. The molecule has 0 spiro atoms. The fourth-order valence-corrected chi connectivity index (χ4v) is 1.43. The van der Waals surface area contributed by atoms with Crippen LogP contribution in [0, 0.1) is 11.8 Å². The Morgan fingerprint density at radius 2 is 2.30 bits per heavy atom. The van der Waals surface area contributed by atoms with Crippen LogP contribution in [0.25, 0.3) is 0 Å². The molecular formula is C13H13N5O2. The van der Waals surface area contributed by atoms with Crippen molar-refractivity contribution in [1.82, 2.24) is 20.4 Å². The van der Waals surface area contributed by atoms with Crippen LogP contribution in [-0.4, -0.2) is 34.1 Å². The Balaban J connectivity index is 1.85. The van der Waals surface area contributed by atoms with Gasteiger partial charge in [0.15, 0.2) is 6.33 Å². The molecule has 2 rings (SSSR count). The van der Waals surface area contributed by atoms with Crippen molar-refractivity contribution in [3.8, 4) is 11.8 Å². The SMILES string of the molecule is NCC#Cc1ccc(C(=O)NCCc2ncno2)nc1. The molecule has 1 amide bonds. The van der Waals surface area contributed by atoms with Crippen molar-refractivity contribution in [3.05, 3.63) is 41.8 Å². The van der Waals surface area contributed by atoms with Gasteiger partial charge in [-0.3, -0.25) is 4.79 Å². The van der Waals surface area contributed by atoms with Crippen LogP contribution in [0.5, 0.6) is 0 Å². The zero-order valence-electron chi connectivity index (χ0n) is 10.7. The van der Waals surface area contributed by atoms with E-state index in [-0.39, 0.29) is 12.5 Å². The van der Waals surface area contributed by atoms with E-state index >= 15 is 0 Å². The first-order valence-corrected chi connectivity index (χ1v) is 5.98. The van der Waals surface area contributed by atoms with Gasteiger partial charge in [-0.2, -0.15) is 4.98 Å². The summed E-state index contributed by atoms with van der Waals surface area (Å²) in [7, 11) is 0. The Morgan fingerprint density at radius 3 is 2.95 bits per heavy atom. The summed E-state index contributed by atoms with van der Waals surface area (Å²) >= 11 is 0. The zero-order chi connectivity index (χ0) is 14.2. The second kappa shape index (κ2) is 7.01. The largest absolute Gasteiger partial charge is 0.350 e. The summed E-state index contributed by atoms with van der Waals surface area (Å²) in [5, 5.41) is 6.19. The molecule has 0 bridgehead atoms. The molecule has 20 heavy (non-hydrogen) atoms.